The van der Waals surface area contributed by atoms with Crippen molar-refractivity contribution in [3.05, 3.63) is 28.7 Å². The smallest absolute Gasteiger partial charge is 0.315 e. The molecule has 2 rings (SSSR count). The number of carboxylic acid groups (broad SMARTS) is 1. The number of amides is 2. The van der Waals surface area contributed by atoms with E-state index < -0.39 is 5.97 Å². The molecule has 1 saturated carbocycles. The molecule has 6 nitrogen and oxygen atoms in total. The minimum Gasteiger partial charge on any atom is -0.488 e. The van der Waals surface area contributed by atoms with Gasteiger partial charge in [-0.1, -0.05) is 12.1 Å². The highest BCUT2D eigenvalue weighted by atomic mass is 79.9. The summed E-state index contributed by atoms with van der Waals surface area (Å²) in [6.07, 6.45) is 2.46. The average Bonchev–Trinajstić information content (AvgIpc) is 2.55. The summed E-state index contributed by atoms with van der Waals surface area (Å²) in [4.78, 5) is 22.9. The number of carbonyl (C=O) groups is 2. The molecular weight excluding hydrogens is 376 g/mol. The standard InChI is InChI=1S/C17H23BrN2O4/c1-11(24-15-5-3-2-4-14(15)18)10-19-17(23)20-13-8-6-12(7-9-13)16(21)22/h2-5,11-13H,6-10H2,1H3,(H,21,22)(H2,19,20,23). The van der Waals surface area contributed by atoms with Crippen molar-refractivity contribution in [3.8, 4) is 5.75 Å². The molecule has 1 unspecified atom stereocenters. The maximum Gasteiger partial charge on any atom is 0.315 e. The zero-order chi connectivity index (χ0) is 17.5. The zero-order valence-electron chi connectivity index (χ0n) is 13.6. The summed E-state index contributed by atoms with van der Waals surface area (Å²) in [5.41, 5.74) is 0. The number of carbonyl (C=O) groups excluding carboxylic acids is 1. The maximum atomic E-state index is 11.9. The van der Waals surface area contributed by atoms with Gasteiger partial charge in [0.25, 0.3) is 0 Å². The number of rotatable bonds is 6. The summed E-state index contributed by atoms with van der Waals surface area (Å²) >= 11 is 3.42. The Bertz CT molecular complexity index is 573. The van der Waals surface area contributed by atoms with Gasteiger partial charge in [0, 0.05) is 6.04 Å². The number of para-hydroxylation sites is 1. The van der Waals surface area contributed by atoms with Gasteiger partial charge in [0.15, 0.2) is 0 Å². The molecule has 3 N–H and O–H groups in total. The second-order valence-corrected chi connectivity index (χ2v) is 6.95. The third-order valence-corrected chi connectivity index (χ3v) is 4.78. The van der Waals surface area contributed by atoms with Crippen LogP contribution in [-0.4, -0.2) is 35.8 Å². The number of ether oxygens (including phenoxy) is 1. The highest BCUT2D eigenvalue weighted by Gasteiger charge is 2.26. The van der Waals surface area contributed by atoms with Crippen LogP contribution in [0.25, 0.3) is 0 Å². The van der Waals surface area contributed by atoms with Crippen molar-refractivity contribution < 1.29 is 19.4 Å². The number of urea groups is 1. The molecule has 1 atom stereocenters. The average molecular weight is 399 g/mol. The normalized spacial score (nSPS) is 21.6. The molecule has 0 radical (unpaired) electrons. The van der Waals surface area contributed by atoms with E-state index in [1.165, 1.54) is 0 Å². The number of nitrogens with one attached hydrogen (secondary N) is 2. The monoisotopic (exact) mass is 398 g/mol. The topological polar surface area (TPSA) is 87.7 Å². The first-order valence-corrected chi connectivity index (χ1v) is 8.93. The van der Waals surface area contributed by atoms with E-state index in [-0.39, 0.29) is 24.1 Å². The molecule has 24 heavy (non-hydrogen) atoms. The molecule has 7 heteroatoms. The predicted molar refractivity (Wildman–Crippen MR) is 94.1 cm³/mol. The molecule has 0 saturated heterocycles. The fourth-order valence-corrected chi connectivity index (χ4v) is 3.13. The van der Waals surface area contributed by atoms with Crippen LogP contribution in [0.4, 0.5) is 4.79 Å². The predicted octanol–water partition coefficient (Wildman–Crippen LogP) is 3.16. The van der Waals surface area contributed by atoms with Crippen LogP contribution < -0.4 is 15.4 Å². The SMILES string of the molecule is CC(CNC(=O)NC1CCC(C(=O)O)CC1)Oc1ccccc1Br. The van der Waals surface area contributed by atoms with E-state index in [1.807, 2.05) is 31.2 Å². The van der Waals surface area contributed by atoms with Crippen LogP contribution in [0.15, 0.2) is 28.7 Å². The number of halogens is 1. The summed E-state index contributed by atoms with van der Waals surface area (Å²) in [7, 11) is 0. The molecule has 1 aliphatic carbocycles. The molecule has 1 aromatic carbocycles. The first-order valence-electron chi connectivity index (χ1n) is 8.14. The second-order valence-electron chi connectivity index (χ2n) is 6.10. The van der Waals surface area contributed by atoms with E-state index in [2.05, 4.69) is 26.6 Å². The van der Waals surface area contributed by atoms with Crippen molar-refractivity contribution in [1.29, 1.82) is 0 Å². The van der Waals surface area contributed by atoms with Crippen LogP contribution in [-0.2, 0) is 4.79 Å². The third kappa shape index (κ3) is 5.70. The number of hydrogen-bond donors (Lipinski definition) is 3. The molecule has 0 aromatic heterocycles. The van der Waals surface area contributed by atoms with Crippen molar-refractivity contribution in [2.24, 2.45) is 5.92 Å². The molecule has 0 heterocycles. The van der Waals surface area contributed by atoms with Gasteiger partial charge in [-0.25, -0.2) is 4.79 Å². The summed E-state index contributed by atoms with van der Waals surface area (Å²) in [6.45, 7) is 2.27. The van der Waals surface area contributed by atoms with E-state index in [1.54, 1.807) is 0 Å². The minimum atomic E-state index is -0.740. The van der Waals surface area contributed by atoms with E-state index >= 15 is 0 Å². The third-order valence-electron chi connectivity index (χ3n) is 4.13. The minimum absolute atomic E-state index is 0.0418. The molecule has 2 amide bonds. The van der Waals surface area contributed by atoms with E-state index in [0.29, 0.717) is 32.2 Å². The van der Waals surface area contributed by atoms with Gasteiger partial charge in [-0.05, 0) is 60.7 Å². The van der Waals surface area contributed by atoms with Crippen molar-refractivity contribution in [2.75, 3.05) is 6.54 Å². The summed E-state index contributed by atoms with van der Waals surface area (Å²) in [6, 6.07) is 7.36. The van der Waals surface area contributed by atoms with Crippen LogP contribution in [0.1, 0.15) is 32.6 Å². The Hall–Kier alpha value is -1.76. The Balaban J connectivity index is 1.68. The van der Waals surface area contributed by atoms with Crippen molar-refractivity contribution >= 4 is 27.9 Å². The van der Waals surface area contributed by atoms with Crippen molar-refractivity contribution in [2.45, 2.75) is 44.8 Å². The molecule has 132 valence electrons. The lowest BCUT2D eigenvalue weighted by Crippen LogP contribution is -2.46. The van der Waals surface area contributed by atoms with Gasteiger partial charge in [-0.3, -0.25) is 4.79 Å². The Morgan fingerprint density at radius 1 is 1.29 bits per heavy atom. The number of carboxylic acids is 1. The first kappa shape index (κ1) is 18.6. The lowest BCUT2D eigenvalue weighted by atomic mass is 9.86. The van der Waals surface area contributed by atoms with Crippen LogP contribution >= 0.6 is 15.9 Å². The lowest BCUT2D eigenvalue weighted by Gasteiger charge is -2.27. The number of aliphatic carboxylic acids is 1. The van der Waals surface area contributed by atoms with Crippen LogP contribution in [0.5, 0.6) is 5.75 Å². The summed E-state index contributed by atoms with van der Waals surface area (Å²) in [5.74, 6) is -0.279. The van der Waals surface area contributed by atoms with Gasteiger partial charge < -0.3 is 20.5 Å². The van der Waals surface area contributed by atoms with Gasteiger partial charge in [-0.15, -0.1) is 0 Å². The second kappa shape index (κ2) is 8.92. The molecule has 0 aliphatic heterocycles. The van der Waals surface area contributed by atoms with Crippen molar-refractivity contribution in [1.82, 2.24) is 10.6 Å². The van der Waals surface area contributed by atoms with Gasteiger partial charge in [0.1, 0.15) is 11.9 Å². The molecule has 0 spiro atoms. The van der Waals surface area contributed by atoms with Gasteiger partial charge in [0.05, 0.1) is 16.9 Å². The Morgan fingerprint density at radius 3 is 2.58 bits per heavy atom. The lowest BCUT2D eigenvalue weighted by molar-refractivity contribution is -0.142. The largest absolute Gasteiger partial charge is 0.488 e. The van der Waals surface area contributed by atoms with Crippen LogP contribution in [0.3, 0.4) is 0 Å². The number of benzene rings is 1. The highest BCUT2D eigenvalue weighted by molar-refractivity contribution is 9.10. The van der Waals surface area contributed by atoms with E-state index in [4.69, 9.17) is 9.84 Å². The van der Waals surface area contributed by atoms with Crippen LogP contribution in [0, 0.1) is 5.92 Å². The van der Waals surface area contributed by atoms with Gasteiger partial charge in [0.2, 0.25) is 0 Å². The molecule has 1 fully saturated rings. The van der Waals surface area contributed by atoms with E-state index in [9.17, 15) is 9.59 Å². The fourth-order valence-electron chi connectivity index (χ4n) is 2.76. The van der Waals surface area contributed by atoms with Crippen molar-refractivity contribution in [3.63, 3.8) is 0 Å². The fraction of sp³-hybridized carbons (Fsp3) is 0.529. The number of hydrogen-bond acceptors (Lipinski definition) is 3. The van der Waals surface area contributed by atoms with E-state index in [0.717, 1.165) is 10.2 Å². The quantitative estimate of drug-likeness (QED) is 0.686. The zero-order valence-corrected chi connectivity index (χ0v) is 15.2. The molecule has 0 bridgehead atoms. The first-order chi connectivity index (χ1) is 11.5. The Labute approximate surface area is 150 Å². The Morgan fingerprint density at radius 2 is 1.96 bits per heavy atom. The summed E-state index contributed by atoms with van der Waals surface area (Å²) in [5, 5.41) is 14.7. The molecule has 1 aromatic rings. The maximum absolute atomic E-state index is 11.9. The summed E-state index contributed by atoms with van der Waals surface area (Å²) < 4.78 is 6.64. The van der Waals surface area contributed by atoms with Gasteiger partial charge >= 0.3 is 12.0 Å². The molecule has 1 aliphatic rings. The van der Waals surface area contributed by atoms with Crippen LogP contribution in [0.2, 0.25) is 0 Å². The highest BCUT2D eigenvalue weighted by Crippen LogP contribution is 2.25. The Kier molecular flexibility index (Phi) is 6.90. The van der Waals surface area contributed by atoms with Gasteiger partial charge in [-0.2, -0.15) is 0 Å². The molecular formula is C17H23BrN2O4.